The number of hydrogen-bond donors (Lipinski definition) is 0. The van der Waals surface area contributed by atoms with Gasteiger partial charge in [-0.3, -0.25) is 0 Å². The van der Waals surface area contributed by atoms with E-state index in [0.717, 1.165) is 33.1 Å². The van der Waals surface area contributed by atoms with Crippen molar-refractivity contribution in [1.29, 1.82) is 0 Å². The molecule has 0 radical (unpaired) electrons. The van der Waals surface area contributed by atoms with Gasteiger partial charge in [-0.2, -0.15) is 0 Å². The zero-order valence-corrected chi connectivity index (χ0v) is 33.3. The highest BCUT2D eigenvalue weighted by Crippen LogP contribution is 2.51. The third kappa shape index (κ3) is 4.60. The second-order valence-corrected chi connectivity index (χ2v) is 16.9. The van der Waals surface area contributed by atoms with Crippen molar-refractivity contribution in [2.45, 2.75) is 19.3 Å². The van der Waals surface area contributed by atoms with E-state index in [0.29, 0.717) is 0 Å². The third-order valence-corrected chi connectivity index (χ3v) is 13.3. The summed E-state index contributed by atoms with van der Waals surface area (Å²) in [5.41, 5.74) is 18.9. The van der Waals surface area contributed by atoms with E-state index in [4.69, 9.17) is 4.42 Å². The Labute approximate surface area is 347 Å². The van der Waals surface area contributed by atoms with Gasteiger partial charge in [0.2, 0.25) is 0 Å². The summed E-state index contributed by atoms with van der Waals surface area (Å²) in [6, 6.07) is 71.2. The van der Waals surface area contributed by atoms with Crippen LogP contribution >= 0.6 is 0 Å². The maximum atomic E-state index is 6.43. The number of benzene rings is 9. The standard InChI is InChI=1S/C57H38N2O/c1-57(2)48-22-12-9-20-40(48)42-31-45-44-30-37(26-28-52(44)59(53(45)33-49(42)57)50-23-13-10-19-39(50)35-15-5-3-6-16-35)36-25-27-51-43(29-36)46-32-47-41-21-11-14-24-55(41)60-56(47)34-54(46)58(51)38-17-7-4-8-18-38/h3-34H,1-2H3. The summed E-state index contributed by atoms with van der Waals surface area (Å²) in [4.78, 5) is 0. The molecule has 9 aromatic carbocycles. The van der Waals surface area contributed by atoms with Gasteiger partial charge < -0.3 is 13.6 Å². The van der Waals surface area contributed by atoms with E-state index in [2.05, 4.69) is 211 Å². The molecule has 13 rings (SSSR count). The lowest BCUT2D eigenvalue weighted by Gasteiger charge is -2.22. The molecule has 0 unspecified atom stereocenters. The van der Waals surface area contributed by atoms with Gasteiger partial charge >= 0.3 is 0 Å². The Morgan fingerprint density at radius 2 is 0.950 bits per heavy atom. The van der Waals surface area contributed by atoms with E-state index in [9.17, 15) is 0 Å². The minimum atomic E-state index is -0.117. The number of furan rings is 1. The molecule has 3 heteroatoms. The van der Waals surface area contributed by atoms with Crippen molar-refractivity contribution in [2.24, 2.45) is 0 Å². The van der Waals surface area contributed by atoms with E-state index in [1.165, 1.54) is 88.3 Å². The van der Waals surface area contributed by atoms with Crippen molar-refractivity contribution in [3.05, 3.63) is 205 Å². The fraction of sp³-hybridized carbons (Fsp3) is 0.0526. The summed E-state index contributed by atoms with van der Waals surface area (Å²) < 4.78 is 11.3. The molecule has 0 saturated carbocycles. The molecule has 0 saturated heterocycles. The summed E-state index contributed by atoms with van der Waals surface area (Å²) in [6.07, 6.45) is 0. The second kappa shape index (κ2) is 12.2. The average molecular weight is 767 g/mol. The van der Waals surface area contributed by atoms with Gasteiger partial charge in [-0.05, 0) is 106 Å². The SMILES string of the molecule is CC1(C)c2ccccc2-c2cc3c4cc(-c5ccc6c(c5)c5cc7c(cc5n6-c5ccccc5)oc5ccccc57)ccc4n(-c4ccccc4-c4ccccc4)c3cc21. The summed E-state index contributed by atoms with van der Waals surface area (Å²) in [5, 5.41) is 7.21. The van der Waals surface area contributed by atoms with Crippen molar-refractivity contribution < 1.29 is 4.42 Å². The van der Waals surface area contributed by atoms with Crippen LogP contribution in [0.25, 0.3) is 110 Å². The lowest BCUT2D eigenvalue weighted by molar-refractivity contribution is 0.661. The first-order valence-corrected chi connectivity index (χ1v) is 20.8. The van der Waals surface area contributed by atoms with Crippen LogP contribution in [0, 0.1) is 0 Å². The lowest BCUT2D eigenvalue weighted by Crippen LogP contribution is -2.15. The minimum absolute atomic E-state index is 0.117. The van der Waals surface area contributed by atoms with Gasteiger partial charge in [0.15, 0.2) is 0 Å². The molecule has 1 aliphatic rings. The topological polar surface area (TPSA) is 23.0 Å². The zero-order chi connectivity index (χ0) is 39.7. The van der Waals surface area contributed by atoms with Crippen molar-refractivity contribution in [2.75, 3.05) is 0 Å². The van der Waals surface area contributed by atoms with Crippen LogP contribution in [-0.4, -0.2) is 9.13 Å². The van der Waals surface area contributed by atoms with Gasteiger partial charge in [-0.25, -0.2) is 0 Å². The van der Waals surface area contributed by atoms with Crippen LogP contribution in [0.15, 0.2) is 199 Å². The van der Waals surface area contributed by atoms with E-state index in [1.807, 2.05) is 6.07 Å². The predicted molar refractivity (Wildman–Crippen MR) is 251 cm³/mol. The van der Waals surface area contributed by atoms with Crippen LogP contribution in [0.5, 0.6) is 0 Å². The number of rotatable bonds is 4. The van der Waals surface area contributed by atoms with Crippen LogP contribution in [0.4, 0.5) is 0 Å². The molecule has 0 amide bonds. The van der Waals surface area contributed by atoms with Gasteiger partial charge in [0.25, 0.3) is 0 Å². The monoisotopic (exact) mass is 766 g/mol. The molecule has 0 spiro atoms. The Balaban J connectivity index is 1.08. The van der Waals surface area contributed by atoms with E-state index in [1.54, 1.807) is 0 Å². The average Bonchev–Trinajstić information content (AvgIpc) is 3.99. The number of para-hydroxylation sites is 3. The van der Waals surface area contributed by atoms with Crippen LogP contribution in [-0.2, 0) is 5.41 Å². The minimum Gasteiger partial charge on any atom is -0.456 e. The molecule has 60 heavy (non-hydrogen) atoms. The zero-order valence-electron chi connectivity index (χ0n) is 33.3. The Kier molecular flexibility index (Phi) is 6.78. The highest BCUT2D eigenvalue weighted by Gasteiger charge is 2.36. The predicted octanol–water partition coefficient (Wildman–Crippen LogP) is 15.4. The van der Waals surface area contributed by atoms with Crippen LogP contribution in [0.3, 0.4) is 0 Å². The van der Waals surface area contributed by atoms with Gasteiger partial charge in [0.05, 0.1) is 27.8 Å². The fourth-order valence-electron chi connectivity index (χ4n) is 10.5. The molecule has 0 atom stereocenters. The molecule has 0 aliphatic heterocycles. The number of nitrogens with zero attached hydrogens (tertiary/aromatic N) is 2. The van der Waals surface area contributed by atoms with E-state index in [-0.39, 0.29) is 5.41 Å². The Morgan fingerprint density at radius 3 is 1.73 bits per heavy atom. The smallest absolute Gasteiger partial charge is 0.137 e. The molecule has 282 valence electrons. The largest absolute Gasteiger partial charge is 0.456 e. The maximum absolute atomic E-state index is 6.43. The first kappa shape index (κ1) is 33.4. The molecule has 0 bridgehead atoms. The highest BCUT2D eigenvalue weighted by atomic mass is 16.3. The van der Waals surface area contributed by atoms with Gasteiger partial charge in [-0.1, -0.05) is 135 Å². The first-order chi connectivity index (χ1) is 29.5. The van der Waals surface area contributed by atoms with Crippen molar-refractivity contribution >= 4 is 65.6 Å². The van der Waals surface area contributed by atoms with Gasteiger partial charge in [0.1, 0.15) is 11.2 Å². The second-order valence-electron chi connectivity index (χ2n) is 16.9. The third-order valence-electron chi connectivity index (χ3n) is 13.3. The number of fused-ring (bicyclic) bond motifs is 12. The van der Waals surface area contributed by atoms with Crippen molar-refractivity contribution in [3.8, 4) is 44.8 Å². The van der Waals surface area contributed by atoms with E-state index >= 15 is 0 Å². The van der Waals surface area contributed by atoms with Crippen LogP contribution in [0.1, 0.15) is 25.0 Å². The first-order valence-electron chi connectivity index (χ1n) is 20.8. The highest BCUT2D eigenvalue weighted by molar-refractivity contribution is 6.18. The Bertz CT molecular complexity index is 3730. The summed E-state index contributed by atoms with van der Waals surface area (Å²) in [5.74, 6) is 0. The Morgan fingerprint density at radius 1 is 0.350 bits per heavy atom. The van der Waals surface area contributed by atoms with Crippen LogP contribution in [0.2, 0.25) is 0 Å². The molecular formula is C57H38N2O. The molecule has 0 N–H and O–H groups in total. The molecule has 0 fully saturated rings. The van der Waals surface area contributed by atoms with E-state index < -0.39 is 0 Å². The maximum Gasteiger partial charge on any atom is 0.137 e. The van der Waals surface area contributed by atoms with Crippen molar-refractivity contribution in [1.82, 2.24) is 9.13 Å². The normalized spacial score (nSPS) is 13.3. The Hall–Kier alpha value is -7.62. The fourth-order valence-corrected chi connectivity index (χ4v) is 10.5. The number of aromatic nitrogens is 2. The lowest BCUT2D eigenvalue weighted by atomic mass is 9.82. The van der Waals surface area contributed by atoms with Crippen LogP contribution < -0.4 is 0 Å². The molecule has 1 aliphatic carbocycles. The molecule has 3 heterocycles. The van der Waals surface area contributed by atoms with Gasteiger partial charge in [-0.15, -0.1) is 0 Å². The summed E-state index contributed by atoms with van der Waals surface area (Å²) >= 11 is 0. The molecule has 3 aromatic heterocycles. The summed E-state index contributed by atoms with van der Waals surface area (Å²) in [6.45, 7) is 4.75. The molecular weight excluding hydrogens is 729 g/mol. The molecule has 12 aromatic rings. The van der Waals surface area contributed by atoms with Crippen molar-refractivity contribution in [3.63, 3.8) is 0 Å². The summed E-state index contributed by atoms with van der Waals surface area (Å²) in [7, 11) is 0. The van der Waals surface area contributed by atoms with Gasteiger partial charge in [0, 0.05) is 55.0 Å². The number of hydrogen-bond acceptors (Lipinski definition) is 1. The quantitative estimate of drug-likeness (QED) is 0.175. The molecule has 3 nitrogen and oxygen atoms in total.